The van der Waals surface area contributed by atoms with Gasteiger partial charge in [0.15, 0.2) is 0 Å². The van der Waals surface area contributed by atoms with Crippen molar-refractivity contribution in [2.24, 2.45) is 0 Å². The first kappa shape index (κ1) is 17.3. The highest BCUT2D eigenvalue weighted by Crippen LogP contribution is 2.35. The summed E-state index contributed by atoms with van der Waals surface area (Å²) in [6, 6.07) is 2.08. The van der Waals surface area contributed by atoms with Crippen LogP contribution in [0.3, 0.4) is 0 Å². The van der Waals surface area contributed by atoms with Gasteiger partial charge < -0.3 is 10.2 Å². The van der Waals surface area contributed by atoms with Crippen LogP contribution in [-0.4, -0.2) is 32.4 Å². The van der Waals surface area contributed by atoms with Crippen molar-refractivity contribution in [2.75, 3.05) is 11.4 Å². The van der Waals surface area contributed by atoms with E-state index in [1.165, 1.54) is 6.92 Å². The second-order valence-electron chi connectivity index (χ2n) is 6.54. The molecule has 2 aromatic heterocycles. The summed E-state index contributed by atoms with van der Waals surface area (Å²) in [5.74, 6) is 1.42. The molecule has 2 aromatic rings. The molecule has 1 amide bonds. The Bertz CT molecular complexity index is 771. The van der Waals surface area contributed by atoms with Gasteiger partial charge in [-0.3, -0.25) is 4.79 Å². The Morgan fingerprint density at radius 1 is 1.24 bits per heavy atom. The molecule has 0 spiro atoms. The van der Waals surface area contributed by atoms with Gasteiger partial charge in [0.1, 0.15) is 5.82 Å². The van der Waals surface area contributed by atoms with Crippen LogP contribution in [0, 0.1) is 20.8 Å². The maximum absolute atomic E-state index is 11.3. The van der Waals surface area contributed by atoms with Gasteiger partial charge in [-0.1, -0.05) is 0 Å². The lowest BCUT2D eigenvalue weighted by molar-refractivity contribution is -0.119. The first-order valence-corrected chi connectivity index (χ1v) is 8.60. The highest BCUT2D eigenvalue weighted by Gasteiger charge is 2.31. The lowest BCUT2D eigenvalue weighted by Crippen LogP contribution is -2.28. The van der Waals surface area contributed by atoms with Crippen LogP contribution in [0.25, 0.3) is 0 Å². The fraction of sp³-hybridized carbons (Fsp3) is 0.500. The molecule has 3 rings (SSSR count). The fourth-order valence-electron chi connectivity index (χ4n) is 3.28. The van der Waals surface area contributed by atoms with Crippen LogP contribution in [0.1, 0.15) is 54.3 Å². The van der Waals surface area contributed by atoms with E-state index in [1.807, 2.05) is 33.0 Å². The predicted molar refractivity (Wildman–Crippen MR) is 95.1 cm³/mol. The minimum atomic E-state index is -0.0626. The van der Waals surface area contributed by atoms with E-state index in [4.69, 9.17) is 4.98 Å². The number of rotatable bonds is 4. The average molecular weight is 340 g/mol. The SMILES string of the molecule is CC(=O)NCc1cnc(C)nc1C1CCCN1c1nc(C)cc(C)n1. The molecule has 0 radical (unpaired) electrons. The molecule has 1 N–H and O–H groups in total. The molecule has 1 aliphatic heterocycles. The van der Waals surface area contributed by atoms with Crippen LogP contribution < -0.4 is 10.2 Å². The van der Waals surface area contributed by atoms with Gasteiger partial charge in [-0.15, -0.1) is 0 Å². The van der Waals surface area contributed by atoms with Gasteiger partial charge in [-0.25, -0.2) is 19.9 Å². The molecule has 1 unspecified atom stereocenters. The summed E-state index contributed by atoms with van der Waals surface area (Å²) < 4.78 is 0. The number of amides is 1. The van der Waals surface area contributed by atoms with Crippen molar-refractivity contribution in [2.45, 2.75) is 53.1 Å². The Hall–Kier alpha value is -2.57. The summed E-state index contributed by atoms with van der Waals surface area (Å²) >= 11 is 0. The molecule has 25 heavy (non-hydrogen) atoms. The number of nitrogens with one attached hydrogen (secondary N) is 1. The average Bonchev–Trinajstić information content (AvgIpc) is 3.02. The van der Waals surface area contributed by atoms with Crippen molar-refractivity contribution in [3.05, 3.63) is 40.7 Å². The van der Waals surface area contributed by atoms with E-state index in [2.05, 4.69) is 25.2 Å². The normalized spacial score (nSPS) is 17.0. The summed E-state index contributed by atoms with van der Waals surface area (Å²) in [5, 5.41) is 2.85. The van der Waals surface area contributed by atoms with Crippen LogP contribution in [0.5, 0.6) is 0 Å². The maximum atomic E-state index is 11.3. The highest BCUT2D eigenvalue weighted by atomic mass is 16.1. The van der Waals surface area contributed by atoms with Crippen molar-refractivity contribution < 1.29 is 4.79 Å². The first-order chi connectivity index (χ1) is 11.9. The molecule has 7 heteroatoms. The minimum absolute atomic E-state index is 0.0626. The Morgan fingerprint density at radius 2 is 1.96 bits per heavy atom. The van der Waals surface area contributed by atoms with Gasteiger partial charge in [0.25, 0.3) is 0 Å². The van der Waals surface area contributed by atoms with Crippen LogP contribution in [-0.2, 0) is 11.3 Å². The highest BCUT2D eigenvalue weighted by molar-refractivity contribution is 5.72. The van der Waals surface area contributed by atoms with E-state index < -0.39 is 0 Å². The number of aryl methyl sites for hydroxylation is 3. The van der Waals surface area contributed by atoms with E-state index in [1.54, 1.807) is 0 Å². The molecule has 0 aromatic carbocycles. The zero-order valence-corrected chi connectivity index (χ0v) is 15.2. The number of anilines is 1. The summed E-state index contributed by atoms with van der Waals surface area (Å²) in [5.41, 5.74) is 3.83. The Morgan fingerprint density at radius 3 is 2.64 bits per heavy atom. The van der Waals surface area contributed by atoms with Crippen molar-refractivity contribution in [3.63, 3.8) is 0 Å². The lowest BCUT2D eigenvalue weighted by Gasteiger charge is -2.26. The van der Waals surface area contributed by atoms with Crippen LogP contribution >= 0.6 is 0 Å². The molecule has 1 aliphatic rings. The van der Waals surface area contributed by atoms with Crippen LogP contribution in [0.4, 0.5) is 5.95 Å². The molecular formula is C18H24N6O. The molecule has 3 heterocycles. The van der Waals surface area contributed by atoms with E-state index in [-0.39, 0.29) is 11.9 Å². The van der Waals surface area contributed by atoms with E-state index in [9.17, 15) is 4.79 Å². The van der Waals surface area contributed by atoms with Gasteiger partial charge in [-0.05, 0) is 39.7 Å². The number of carbonyl (C=O) groups excluding carboxylic acids is 1. The number of nitrogens with zero attached hydrogens (tertiary/aromatic N) is 5. The molecule has 1 saturated heterocycles. The fourth-order valence-corrected chi connectivity index (χ4v) is 3.28. The zero-order valence-electron chi connectivity index (χ0n) is 15.2. The number of aromatic nitrogens is 4. The third-order valence-corrected chi connectivity index (χ3v) is 4.34. The van der Waals surface area contributed by atoms with Crippen LogP contribution in [0.2, 0.25) is 0 Å². The van der Waals surface area contributed by atoms with Crippen molar-refractivity contribution in [1.29, 1.82) is 0 Å². The third-order valence-electron chi connectivity index (χ3n) is 4.34. The minimum Gasteiger partial charge on any atom is -0.352 e. The Labute approximate surface area is 147 Å². The summed E-state index contributed by atoms with van der Waals surface area (Å²) in [6.07, 6.45) is 3.86. The van der Waals surface area contributed by atoms with Gasteiger partial charge in [0, 0.05) is 43.2 Å². The predicted octanol–water partition coefficient (Wildman–Crippen LogP) is 2.17. The molecule has 1 atom stereocenters. The molecular weight excluding hydrogens is 316 g/mol. The maximum Gasteiger partial charge on any atom is 0.226 e. The lowest BCUT2D eigenvalue weighted by atomic mass is 10.1. The second kappa shape index (κ2) is 7.13. The van der Waals surface area contributed by atoms with Gasteiger partial charge in [0.2, 0.25) is 11.9 Å². The number of hydrogen-bond acceptors (Lipinski definition) is 6. The van der Waals surface area contributed by atoms with Crippen molar-refractivity contribution in [3.8, 4) is 0 Å². The number of carbonyl (C=O) groups is 1. The second-order valence-corrected chi connectivity index (χ2v) is 6.54. The topological polar surface area (TPSA) is 83.9 Å². The molecule has 7 nitrogen and oxygen atoms in total. The molecule has 0 aliphatic carbocycles. The molecule has 0 bridgehead atoms. The van der Waals surface area contributed by atoms with Crippen molar-refractivity contribution >= 4 is 11.9 Å². The number of hydrogen-bond donors (Lipinski definition) is 1. The van der Waals surface area contributed by atoms with Gasteiger partial charge in [0.05, 0.1) is 11.7 Å². The Kier molecular flexibility index (Phi) is 4.92. The van der Waals surface area contributed by atoms with E-state index >= 15 is 0 Å². The smallest absolute Gasteiger partial charge is 0.226 e. The molecule has 132 valence electrons. The summed E-state index contributed by atoms with van der Waals surface area (Å²) in [6.45, 7) is 8.71. The van der Waals surface area contributed by atoms with Crippen molar-refractivity contribution in [1.82, 2.24) is 25.3 Å². The van der Waals surface area contributed by atoms with Crippen LogP contribution in [0.15, 0.2) is 12.3 Å². The van der Waals surface area contributed by atoms with E-state index in [0.29, 0.717) is 6.54 Å². The Balaban J connectivity index is 1.96. The third kappa shape index (κ3) is 3.92. The van der Waals surface area contributed by atoms with Gasteiger partial charge >= 0.3 is 0 Å². The standard InChI is InChI=1S/C18H24N6O/c1-11-8-12(2)22-18(21-11)24-7-5-6-16(24)17-15(10-20-14(4)25)9-19-13(3)23-17/h8-9,16H,5-7,10H2,1-4H3,(H,20,25). The molecule has 0 saturated carbocycles. The largest absolute Gasteiger partial charge is 0.352 e. The first-order valence-electron chi connectivity index (χ1n) is 8.60. The zero-order chi connectivity index (χ0) is 18.0. The monoisotopic (exact) mass is 340 g/mol. The molecule has 1 fully saturated rings. The summed E-state index contributed by atoms with van der Waals surface area (Å²) in [7, 11) is 0. The quantitative estimate of drug-likeness (QED) is 0.918. The summed E-state index contributed by atoms with van der Waals surface area (Å²) in [4.78, 5) is 31.8. The van der Waals surface area contributed by atoms with E-state index in [0.717, 1.165) is 53.8 Å². The van der Waals surface area contributed by atoms with Gasteiger partial charge in [-0.2, -0.15) is 0 Å².